The van der Waals surface area contributed by atoms with E-state index in [1.54, 1.807) is 20.8 Å². The SMILES string of the molecule is Cc1ncoc1C(=O)CC(C)(C)N. The fourth-order valence-electron chi connectivity index (χ4n) is 1.06. The highest BCUT2D eigenvalue weighted by Crippen LogP contribution is 2.13. The summed E-state index contributed by atoms with van der Waals surface area (Å²) in [5.74, 6) is 0.223. The van der Waals surface area contributed by atoms with Gasteiger partial charge in [-0.1, -0.05) is 0 Å². The Kier molecular flexibility index (Phi) is 2.52. The minimum Gasteiger partial charge on any atom is -0.440 e. The third kappa shape index (κ3) is 2.66. The van der Waals surface area contributed by atoms with Crippen molar-refractivity contribution in [2.75, 3.05) is 0 Å². The molecule has 0 saturated carbocycles. The van der Waals surface area contributed by atoms with Gasteiger partial charge in [-0.2, -0.15) is 0 Å². The Hall–Kier alpha value is -1.16. The summed E-state index contributed by atoms with van der Waals surface area (Å²) in [6.45, 7) is 5.34. The molecule has 0 aliphatic carbocycles. The second kappa shape index (κ2) is 3.30. The van der Waals surface area contributed by atoms with Crippen molar-refractivity contribution in [2.24, 2.45) is 5.73 Å². The summed E-state index contributed by atoms with van der Waals surface area (Å²) < 4.78 is 4.96. The number of oxazole rings is 1. The molecule has 4 heteroatoms. The minimum atomic E-state index is -0.504. The van der Waals surface area contributed by atoms with Crippen molar-refractivity contribution >= 4 is 5.78 Å². The Morgan fingerprint density at radius 1 is 1.69 bits per heavy atom. The molecule has 4 nitrogen and oxygen atoms in total. The number of hydrogen-bond acceptors (Lipinski definition) is 4. The molecule has 0 saturated heterocycles. The summed E-state index contributed by atoms with van der Waals surface area (Å²) in [5, 5.41) is 0. The van der Waals surface area contributed by atoms with Crippen LogP contribution < -0.4 is 5.73 Å². The van der Waals surface area contributed by atoms with Crippen LogP contribution in [0.5, 0.6) is 0 Å². The number of aromatic nitrogens is 1. The number of nitrogens with two attached hydrogens (primary N) is 1. The van der Waals surface area contributed by atoms with E-state index in [1.165, 1.54) is 6.39 Å². The quantitative estimate of drug-likeness (QED) is 0.715. The van der Waals surface area contributed by atoms with Gasteiger partial charge in [0.25, 0.3) is 0 Å². The van der Waals surface area contributed by atoms with Crippen molar-refractivity contribution < 1.29 is 9.21 Å². The molecule has 0 fully saturated rings. The number of carbonyl (C=O) groups excluding carboxylic acids is 1. The molecule has 0 amide bonds. The number of rotatable bonds is 3. The molecular weight excluding hydrogens is 168 g/mol. The summed E-state index contributed by atoms with van der Waals surface area (Å²) in [5.41, 5.74) is 5.83. The topological polar surface area (TPSA) is 69.1 Å². The molecule has 0 unspecified atom stereocenters. The van der Waals surface area contributed by atoms with E-state index in [0.29, 0.717) is 11.5 Å². The lowest BCUT2D eigenvalue weighted by Gasteiger charge is -2.15. The maximum absolute atomic E-state index is 11.5. The van der Waals surface area contributed by atoms with Crippen LogP contribution in [0.1, 0.15) is 36.5 Å². The summed E-state index contributed by atoms with van der Waals surface area (Å²) >= 11 is 0. The number of Topliss-reactive ketones (excluding diaryl/α,β-unsaturated/α-hetero) is 1. The van der Waals surface area contributed by atoms with Gasteiger partial charge in [-0.05, 0) is 20.8 Å². The van der Waals surface area contributed by atoms with Crippen molar-refractivity contribution in [1.29, 1.82) is 0 Å². The summed E-state index contributed by atoms with van der Waals surface area (Å²) in [6, 6.07) is 0. The van der Waals surface area contributed by atoms with Crippen LogP contribution >= 0.6 is 0 Å². The Morgan fingerprint density at radius 3 is 2.69 bits per heavy atom. The number of hydrogen-bond donors (Lipinski definition) is 1. The molecule has 0 atom stereocenters. The number of aryl methyl sites for hydroxylation is 1. The Morgan fingerprint density at radius 2 is 2.31 bits per heavy atom. The standard InChI is InChI=1S/C9H14N2O2/c1-6-8(13-5-11-6)7(12)4-9(2,3)10/h5H,4,10H2,1-3H3. The van der Waals surface area contributed by atoms with E-state index >= 15 is 0 Å². The summed E-state index contributed by atoms with van der Waals surface area (Å²) in [7, 11) is 0. The van der Waals surface area contributed by atoms with Crippen LogP contribution in [-0.2, 0) is 0 Å². The van der Waals surface area contributed by atoms with E-state index in [9.17, 15) is 4.79 Å². The van der Waals surface area contributed by atoms with Gasteiger partial charge in [0.05, 0.1) is 5.69 Å². The van der Waals surface area contributed by atoms with E-state index in [2.05, 4.69) is 4.98 Å². The summed E-state index contributed by atoms with van der Waals surface area (Å²) in [6.07, 6.45) is 1.54. The monoisotopic (exact) mass is 182 g/mol. The third-order valence-electron chi connectivity index (χ3n) is 1.61. The van der Waals surface area contributed by atoms with Crippen molar-refractivity contribution in [3.63, 3.8) is 0 Å². The predicted molar refractivity (Wildman–Crippen MR) is 48.5 cm³/mol. The summed E-state index contributed by atoms with van der Waals surface area (Å²) in [4.78, 5) is 15.4. The fourth-order valence-corrected chi connectivity index (χ4v) is 1.06. The van der Waals surface area contributed by atoms with Gasteiger partial charge in [-0.25, -0.2) is 4.98 Å². The fraction of sp³-hybridized carbons (Fsp3) is 0.556. The van der Waals surface area contributed by atoms with Crippen LogP contribution in [0.25, 0.3) is 0 Å². The average Bonchev–Trinajstić information content (AvgIpc) is 2.30. The van der Waals surface area contributed by atoms with Crippen molar-refractivity contribution in [1.82, 2.24) is 4.98 Å². The van der Waals surface area contributed by atoms with E-state index in [0.717, 1.165) is 0 Å². The second-order valence-electron chi connectivity index (χ2n) is 3.86. The van der Waals surface area contributed by atoms with E-state index < -0.39 is 5.54 Å². The molecule has 0 spiro atoms. The first-order valence-electron chi connectivity index (χ1n) is 4.12. The van der Waals surface area contributed by atoms with Gasteiger partial charge in [0.1, 0.15) is 0 Å². The highest BCUT2D eigenvalue weighted by Gasteiger charge is 2.21. The molecule has 0 aromatic carbocycles. The number of nitrogens with zero attached hydrogens (tertiary/aromatic N) is 1. The predicted octanol–water partition coefficient (Wildman–Crippen LogP) is 1.29. The lowest BCUT2D eigenvalue weighted by molar-refractivity contribution is 0.0932. The van der Waals surface area contributed by atoms with Crippen LogP contribution in [0.2, 0.25) is 0 Å². The Labute approximate surface area is 77.1 Å². The molecule has 0 bridgehead atoms. The zero-order valence-electron chi connectivity index (χ0n) is 8.13. The Balaban J connectivity index is 2.76. The molecule has 1 aromatic heterocycles. The molecule has 2 N–H and O–H groups in total. The largest absolute Gasteiger partial charge is 0.440 e. The van der Waals surface area contributed by atoms with E-state index in [-0.39, 0.29) is 12.2 Å². The van der Waals surface area contributed by atoms with Crippen LogP contribution in [0, 0.1) is 6.92 Å². The first-order valence-corrected chi connectivity index (χ1v) is 4.12. The van der Waals surface area contributed by atoms with Gasteiger partial charge in [0.15, 0.2) is 12.2 Å². The highest BCUT2D eigenvalue weighted by atomic mass is 16.3. The van der Waals surface area contributed by atoms with Gasteiger partial charge < -0.3 is 10.2 Å². The molecule has 1 heterocycles. The molecule has 13 heavy (non-hydrogen) atoms. The maximum atomic E-state index is 11.5. The van der Waals surface area contributed by atoms with Crippen LogP contribution in [0.15, 0.2) is 10.8 Å². The lowest BCUT2D eigenvalue weighted by atomic mass is 9.98. The maximum Gasteiger partial charge on any atom is 0.201 e. The molecule has 0 aliphatic rings. The molecule has 1 rings (SSSR count). The number of ketones is 1. The minimum absolute atomic E-state index is 0.0949. The van der Waals surface area contributed by atoms with Crippen LogP contribution in [0.4, 0.5) is 0 Å². The van der Waals surface area contributed by atoms with Gasteiger partial charge in [0.2, 0.25) is 5.78 Å². The van der Waals surface area contributed by atoms with Crippen molar-refractivity contribution in [3.8, 4) is 0 Å². The normalized spacial score (nSPS) is 11.7. The van der Waals surface area contributed by atoms with Gasteiger partial charge >= 0.3 is 0 Å². The molecular formula is C9H14N2O2. The molecule has 0 aliphatic heterocycles. The lowest BCUT2D eigenvalue weighted by Crippen LogP contribution is -2.34. The second-order valence-corrected chi connectivity index (χ2v) is 3.86. The van der Waals surface area contributed by atoms with Crippen molar-refractivity contribution in [3.05, 3.63) is 17.8 Å². The van der Waals surface area contributed by atoms with Gasteiger partial charge in [-0.15, -0.1) is 0 Å². The number of carbonyl (C=O) groups is 1. The highest BCUT2D eigenvalue weighted by molar-refractivity contribution is 5.94. The first kappa shape index (κ1) is 9.92. The molecule has 72 valence electrons. The van der Waals surface area contributed by atoms with Crippen molar-refractivity contribution in [2.45, 2.75) is 32.7 Å². The zero-order chi connectivity index (χ0) is 10.1. The smallest absolute Gasteiger partial charge is 0.201 e. The van der Waals surface area contributed by atoms with E-state index in [4.69, 9.17) is 10.2 Å². The van der Waals surface area contributed by atoms with Gasteiger partial charge in [-0.3, -0.25) is 4.79 Å². The van der Waals surface area contributed by atoms with Gasteiger partial charge in [0, 0.05) is 12.0 Å². The van der Waals surface area contributed by atoms with Crippen LogP contribution in [-0.4, -0.2) is 16.3 Å². The Bertz CT molecular complexity index is 310. The molecule has 0 radical (unpaired) electrons. The molecule has 1 aromatic rings. The average molecular weight is 182 g/mol. The first-order chi connectivity index (χ1) is 5.90. The third-order valence-corrected chi connectivity index (χ3v) is 1.61. The van der Waals surface area contributed by atoms with Crippen LogP contribution in [0.3, 0.4) is 0 Å². The zero-order valence-corrected chi connectivity index (χ0v) is 8.13. The van der Waals surface area contributed by atoms with E-state index in [1.807, 2.05) is 0 Å².